The maximum absolute atomic E-state index is 7.07. The number of ether oxygens (including phenoxy) is 3. The molecule has 84 valence electrons. The van der Waals surface area contributed by atoms with Gasteiger partial charge < -0.3 is 19.9 Å². The van der Waals surface area contributed by atoms with Crippen molar-refractivity contribution < 1.29 is 14.2 Å². The fraction of sp³-hybridized carbons (Fsp3) is 0.889. The van der Waals surface area contributed by atoms with Crippen LogP contribution in [-0.2, 0) is 14.2 Å². The lowest BCUT2D eigenvalue weighted by Gasteiger charge is -2.11. The highest BCUT2D eigenvalue weighted by Crippen LogP contribution is 1.90. The van der Waals surface area contributed by atoms with Crippen LogP contribution in [0, 0.1) is 5.41 Å². The highest BCUT2D eigenvalue weighted by atomic mass is 16.5. The van der Waals surface area contributed by atoms with Crippen molar-refractivity contribution in [3.8, 4) is 0 Å². The van der Waals surface area contributed by atoms with E-state index in [2.05, 4.69) is 0 Å². The molecule has 0 saturated carbocycles. The summed E-state index contributed by atoms with van der Waals surface area (Å²) in [6.45, 7) is 4.12. The number of hydrogen-bond donors (Lipinski definition) is 2. The zero-order valence-electron chi connectivity index (χ0n) is 8.91. The zero-order chi connectivity index (χ0) is 10.8. The minimum atomic E-state index is -0.322. The topological polar surface area (TPSA) is 77.6 Å². The van der Waals surface area contributed by atoms with Crippen LogP contribution >= 0.6 is 0 Å². The highest BCUT2D eigenvalue weighted by Gasteiger charge is 2.03. The number of nitrogens with one attached hydrogen (secondary N) is 1. The van der Waals surface area contributed by atoms with Crippen LogP contribution in [0.1, 0.15) is 13.3 Å². The lowest BCUT2D eigenvalue weighted by Crippen LogP contribution is -2.28. The summed E-state index contributed by atoms with van der Waals surface area (Å²) in [5.41, 5.74) is 5.22. The van der Waals surface area contributed by atoms with Crippen molar-refractivity contribution in [3.05, 3.63) is 0 Å². The molecular formula is C9H20N2O3. The average Bonchev–Trinajstić information content (AvgIpc) is 2.16. The number of rotatable bonds is 9. The lowest BCUT2D eigenvalue weighted by atomic mass is 10.4. The summed E-state index contributed by atoms with van der Waals surface area (Å²) in [5.74, 6) is 0.0457. The molecule has 0 aromatic carbocycles. The van der Waals surface area contributed by atoms with E-state index in [-0.39, 0.29) is 11.9 Å². The summed E-state index contributed by atoms with van der Waals surface area (Å²) >= 11 is 0. The first-order valence-electron chi connectivity index (χ1n) is 4.70. The fourth-order valence-electron chi connectivity index (χ4n) is 0.781. The Morgan fingerprint density at radius 3 is 2.57 bits per heavy atom. The molecule has 5 nitrogen and oxygen atoms in total. The number of nitrogens with two attached hydrogens (primary N) is 1. The third-order valence-electron chi connectivity index (χ3n) is 1.67. The minimum absolute atomic E-state index is 0.0457. The number of hydrogen-bond acceptors (Lipinski definition) is 4. The molecule has 0 aromatic rings. The Hall–Kier alpha value is -0.650. The lowest BCUT2D eigenvalue weighted by molar-refractivity contribution is 0.0289. The first kappa shape index (κ1) is 13.4. The smallest absolute Gasteiger partial charge is 0.120 e. The summed E-state index contributed by atoms with van der Waals surface area (Å²) in [6, 6.07) is 0. The average molecular weight is 204 g/mol. The normalized spacial score (nSPS) is 12.7. The highest BCUT2D eigenvalue weighted by molar-refractivity contribution is 5.81. The van der Waals surface area contributed by atoms with E-state index in [1.165, 1.54) is 0 Å². The first-order chi connectivity index (χ1) is 6.68. The predicted molar refractivity (Wildman–Crippen MR) is 54.6 cm³/mol. The second-order valence-corrected chi connectivity index (χ2v) is 2.93. The molecule has 3 N–H and O–H groups in total. The summed E-state index contributed by atoms with van der Waals surface area (Å²) in [6.07, 6.45) is 0.566. The van der Waals surface area contributed by atoms with Gasteiger partial charge in [-0.15, -0.1) is 0 Å². The second kappa shape index (κ2) is 8.93. The van der Waals surface area contributed by atoms with Crippen LogP contribution in [0.5, 0.6) is 0 Å². The monoisotopic (exact) mass is 204 g/mol. The van der Waals surface area contributed by atoms with Crippen molar-refractivity contribution in [3.63, 3.8) is 0 Å². The van der Waals surface area contributed by atoms with Gasteiger partial charge in [-0.2, -0.15) is 0 Å². The van der Waals surface area contributed by atoms with Crippen molar-refractivity contribution in [2.75, 3.05) is 33.5 Å². The van der Waals surface area contributed by atoms with Crippen molar-refractivity contribution in [1.82, 2.24) is 0 Å². The van der Waals surface area contributed by atoms with E-state index in [9.17, 15) is 0 Å². The van der Waals surface area contributed by atoms with Gasteiger partial charge in [0.15, 0.2) is 0 Å². The molecule has 0 amide bonds. The molecule has 0 bridgehead atoms. The van der Waals surface area contributed by atoms with Crippen molar-refractivity contribution in [2.24, 2.45) is 5.73 Å². The van der Waals surface area contributed by atoms with Gasteiger partial charge >= 0.3 is 0 Å². The summed E-state index contributed by atoms with van der Waals surface area (Å²) < 4.78 is 15.3. The number of methoxy groups -OCH3 is 1. The van der Waals surface area contributed by atoms with E-state index >= 15 is 0 Å². The molecule has 0 spiro atoms. The van der Waals surface area contributed by atoms with E-state index in [4.69, 9.17) is 25.4 Å². The van der Waals surface area contributed by atoms with Gasteiger partial charge in [-0.1, -0.05) is 0 Å². The van der Waals surface area contributed by atoms with Crippen LogP contribution in [0.2, 0.25) is 0 Å². The molecule has 14 heavy (non-hydrogen) atoms. The quantitative estimate of drug-likeness (QED) is 0.323. The van der Waals surface area contributed by atoms with Gasteiger partial charge in [0.2, 0.25) is 0 Å². The standard InChI is InChI=1S/C9H20N2O3/c1-8(9(10)11)14-7-6-13-5-3-4-12-2/h8H,3-7H2,1-2H3,(H3,10,11). The van der Waals surface area contributed by atoms with E-state index in [0.717, 1.165) is 6.42 Å². The van der Waals surface area contributed by atoms with E-state index < -0.39 is 0 Å². The summed E-state index contributed by atoms with van der Waals surface area (Å²) in [4.78, 5) is 0. The Bertz CT molecular complexity index is 153. The molecule has 0 aliphatic heterocycles. The van der Waals surface area contributed by atoms with Crippen molar-refractivity contribution in [1.29, 1.82) is 5.41 Å². The molecule has 0 aromatic heterocycles. The number of amidine groups is 1. The van der Waals surface area contributed by atoms with Gasteiger partial charge in [0, 0.05) is 20.3 Å². The largest absolute Gasteiger partial charge is 0.385 e. The molecule has 0 fully saturated rings. The third kappa shape index (κ3) is 7.97. The second-order valence-electron chi connectivity index (χ2n) is 2.93. The predicted octanol–water partition coefficient (Wildman–Crippen LogP) is 0.381. The molecule has 0 aliphatic carbocycles. The molecular weight excluding hydrogens is 184 g/mol. The van der Waals surface area contributed by atoms with Gasteiger partial charge in [-0.3, -0.25) is 5.41 Å². The Balaban J connectivity index is 3.09. The van der Waals surface area contributed by atoms with E-state index in [1.807, 2.05) is 0 Å². The molecule has 1 unspecified atom stereocenters. The minimum Gasteiger partial charge on any atom is -0.385 e. The molecule has 0 aliphatic rings. The van der Waals surface area contributed by atoms with Crippen LogP contribution < -0.4 is 5.73 Å². The molecule has 5 heteroatoms. The van der Waals surface area contributed by atoms with Gasteiger partial charge in [-0.05, 0) is 13.3 Å². The summed E-state index contributed by atoms with van der Waals surface area (Å²) in [5, 5.41) is 7.07. The third-order valence-corrected chi connectivity index (χ3v) is 1.67. The van der Waals surface area contributed by atoms with Crippen LogP contribution in [0.15, 0.2) is 0 Å². The Kier molecular flexibility index (Phi) is 8.51. The van der Waals surface area contributed by atoms with E-state index in [1.54, 1.807) is 14.0 Å². The van der Waals surface area contributed by atoms with Crippen LogP contribution in [-0.4, -0.2) is 45.5 Å². The van der Waals surface area contributed by atoms with Crippen LogP contribution in [0.4, 0.5) is 0 Å². The van der Waals surface area contributed by atoms with Gasteiger partial charge in [-0.25, -0.2) is 0 Å². The van der Waals surface area contributed by atoms with Crippen molar-refractivity contribution >= 4 is 5.84 Å². The van der Waals surface area contributed by atoms with Crippen LogP contribution in [0.3, 0.4) is 0 Å². The maximum atomic E-state index is 7.07. The molecule has 0 radical (unpaired) electrons. The zero-order valence-corrected chi connectivity index (χ0v) is 8.91. The first-order valence-corrected chi connectivity index (χ1v) is 4.70. The molecule has 0 rings (SSSR count). The summed E-state index contributed by atoms with van der Waals surface area (Å²) in [7, 11) is 1.66. The SMILES string of the molecule is COCCCOCCOC(C)C(=N)N. The molecule has 0 saturated heterocycles. The van der Waals surface area contributed by atoms with Gasteiger partial charge in [0.1, 0.15) is 11.9 Å². The van der Waals surface area contributed by atoms with E-state index in [0.29, 0.717) is 26.4 Å². The fourth-order valence-corrected chi connectivity index (χ4v) is 0.781. The molecule has 1 atom stereocenters. The van der Waals surface area contributed by atoms with Crippen molar-refractivity contribution in [2.45, 2.75) is 19.4 Å². The Labute approximate surface area is 85.0 Å². The van der Waals surface area contributed by atoms with Gasteiger partial charge in [0.05, 0.1) is 13.2 Å². The Morgan fingerprint density at radius 2 is 2.00 bits per heavy atom. The molecule has 0 heterocycles. The van der Waals surface area contributed by atoms with Crippen LogP contribution in [0.25, 0.3) is 0 Å². The maximum Gasteiger partial charge on any atom is 0.120 e. The van der Waals surface area contributed by atoms with Gasteiger partial charge in [0.25, 0.3) is 0 Å². The Morgan fingerprint density at radius 1 is 1.29 bits per heavy atom.